The number of nitrogens with one attached hydrogen (secondary N) is 2. The lowest BCUT2D eigenvalue weighted by atomic mass is 10.1. The fourth-order valence-electron chi connectivity index (χ4n) is 2.09. The van der Waals surface area contributed by atoms with Crippen molar-refractivity contribution >= 4 is 33.2 Å². The van der Waals surface area contributed by atoms with Crippen molar-refractivity contribution in [3.05, 3.63) is 28.3 Å². The van der Waals surface area contributed by atoms with E-state index in [1.54, 1.807) is 11.8 Å². The zero-order chi connectivity index (χ0) is 15.5. The van der Waals surface area contributed by atoms with Crippen LogP contribution in [0.2, 0.25) is 0 Å². The van der Waals surface area contributed by atoms with Gasteiger partial charge in [0.15, 0.2) is 4.90 Å². The molecule has 1 aromatic rings. The van der Waals surface area contributed by atoms with Crippen LogP contribution in [0.15, 0.2) is 23.1 Å². The van der Waals surface area contributed by atoms with Gasteiger partial charge in [0.25, 0.3) is 0 Å². The number of hydrazine groups is 1. The van der Waals surface area contributed by atoms with Gasteiger partial charge in [-0.15, -0.1) is 0 Å². The summed E-state index contributed by atoms with van der Waals surface area (Å²) >= 11 is 1.77. The molecular formula is C11H16N4O4S2. The molecule has 0 aliphatic carbocycles. The molecule has 4 N–H and O–H groups in total. The molecule has 1 aliphatic rings. The Kier molecular flexibility index (Phi) is 5.04. The number of nitro groups is 1. The van der Waals surface area contributed by atoms with Crippen molar-refractivity contribution in [3.63, 3.8) is 0 Å². The summed E-state index contributed by atoms with van der Waals surface area (Å²) in [6.45, 7) is 0.284. The van der Waals surface area contributed by atoms with Crippen LogP contribution in [-0.4, -0.2) is 31.4 Å². The van der Waals surface area contributed by atoms with Crippen molar-refractivity contribution in [1.29, 1.82) is 0 Å². The number of thioether (sulfide) groups is 1. The number of nitro benzene ring substituents is 1. The molecule has 0 bridgehead atoms. The summed E-state index contributed by atoms with van der Waals surface area (Å²) in [6, 6.07) is 3.96. The van der Waals surface area contributed by atoms with Crippen LogP contribution >= 0.6 is 11.8 Å². The van der Waals surface area contributed by atoms with Crippen molar-refractivity contribution in [2.45, 2.75) is 11.3 Å². The van der Waals surface area contributed by atoms with Gasteiger partial charge < -0.3 is 5.43 Å². The van der Waals surface area contributed by atoms with E-state index in [4.69, 9.17) is 5.84 Å². The second-order valence-corrected chi connectivity index (χ2v) is 7.52. The van der Waals surface area contributed by atoms with Gasteiger partial charge in [0, 0.05) is 6.54 Å². The number of rotatable bonds is 6. The minimum Gasteiger partial charge on any atom is -0.318 e. The van der Waals surface area contributed by atoms with E-state index in [-0.39, 0.29) is 23.0 Å². The Balaban J connectivity index is 2.28. The number of para-hydroxylation sites is 1. The van der Waals surface area contributed by atoms with Gasteiger partial charge >= 0.3 is 5.69 Å². The zero-order valence-corrected chi connectivity index (χ0v) is 12.7. The summed E-state index contributed by atoms with van der Waals surface area (Å²) in [5, 5.41) is 11.1. The quantitative estimate of drug-likeness (QED) is 0.401. The van der Waals surface area contributed by atoms with Gasteiger partial charge in [-0.1, -0.05) is 6.07 Å². The largest absolute Gasteiger partial charge is 0.318 e. The normalized spacial score (nSPS) is 18.6. The average molecular weight is 332 g/mol. The van der Waals surface area contributed by atoms with E-state index in [1.165, 1.54) is 18.2 Å². The van der Waals surface area contributed by atoms with Gasteiger partial charge in [0.1, 0.15) is 5.69 Å². The smallest absolute Gasteiger partial charge is 0.313 e. The van der Waals surface area contributed by atoms with Crippen molar-refractivity contribution < 1.29 is 13.3 Å². The first-order valence-electron chi connectivity index (χ1n) is 6.27. The molecule has 2 rings (SSSR count). The van der Waals surface area contributed by atoms with Crippen LogP contribution in [0.5, 0.6) is 0 Å². The number of nitrogens with zero attached hydrogens (tertiary/aromatic N) is 1. The third-order valence-corrected chi connectivity index (χ3v) is 5.90. The highest BCUT2D eigenvalue weighted by atomic mass is 32.2. The maximum absolute atomic E-state index is 12.3. The summed E-state index contributed by atoms with van der Waals surface area (Å²) in [6.07, 6.45) is 0.944. The molecule has 21 heavy (non-hydrogen) atoms. The molecule has 1 aliphatic heterocycles. The average Bonchev–Trinajstić information content (AvgIpc) is 2.97. The Labute approximate surface area is 126 Å². The molecule has 116 valence electrons. The molecule has 0 radical (unpaired) electrons. The van der Waals surface area contributed by atoms with Crippen LogP contribution in [0.3, 0.4) is 0 Å². The molecule has 0 aromatic heterocycles. The second-order valence-electron chi connectivity index (χ2n) is 4.64. The lowest BCUT2D eigenvalue weighted by Gasteiger charge is -2.12. The van der Waals surface area contributed by atoms with Gasteiger partial charge in [-0.2, -0.15) is 11.8 Å². The van der Waals surface area contributed by atoms with Crippen LogP contribution in [0.1, 0.15) is 6.42 Å². The molecule has 0 spiro atoms. The maximum Gasteiger partial charge on any atom is 0.313 e. The summed E-state index contributed by atoms with van der Waals surface area (Å²) < 4.78 is 27.0. The van der Waals surface area contributed by atoms with Crippen LogP contribution in [0.25, 0.3) is 0 Å². The van der Waals surface area contributed by atoms with Crippen LogP contribution in [-0.2, 0) is 10.0 Å². The highest BCUT2D eigenvalue weighted by Crippen LogP contribution is 2.31. The Bertz CT molecular complexity index is 629. The fourth-order valence-corrected chi connectivity index (χ4v) is 4.69. The minimum absolute atomic E-state index is 0.0423. The molecule has 1 fully saturated rings. The van der Waals surface area contributed by atoms with E-state index in [9.17, 15) is 18.5 Å². The van der Waals surface area contributed by atoms with Gasteiger partial charge in [-0.05, 0) is 36.0 Å². The summed E-state index contributed by atoms with van der Waals surface area (Å²) in [7, 11) is -3.95. The SMILES string of the molecule is NNc1cccc(S(=O)(=O)NCC2CCSC2)c1[N+](=O)[O-]. The number of hydrogen-bond donors (Lipinski definition) is 3. The molecule has 1 aromatic carbocycles. The molecule has 0 saturated carbocycles. The number of hydrogen-bond acceptors (Lipinski definition) is 7. The maximum atomic E-state index is 12.3. The van der Waals surface area contributed by atoms with E-state index in [0.717, 1.165) is 17.9 Å². The van der Waals surface area contributed by atoms with Crippen LogP contribution in [0, 0.1) is 16.0 Å². The van der Waals surface area contributed by atoms with Gasteiger partial charge in [0.2, 0.25) is 10.0 Å². The monoisotopic (exact) mass is 332 g/mol. The van der Waals surface area contributed by atoms with Crippen molar-refractivity contribution in [2.75, 3.05) is 23.5 Å². The molecule has 1 unspecified atom stereocenters. The highest BCUT2D eigenvalue weighted by molar-refractivity contribution is 7.99. The first-order valence-corrected chi connectivity index (χ1v) is 8.91. The van der Waals surface area contributed by atoms with Gasteiger partial charge in [0.05, 0.1) is 4.92 Å². The summed E-state index contributed by atoms with van der Waals surface area (Å²) in [5.41, 5.74) is 1.56. The van der Waals surface area contributed by atoms with Crippen molar-refractivity contribution in [2.24, 2.45) is 11.8 Å². The standard InChI is InChI=1S/C11H16N4O4S2/c12-14-9-2-1-3-10(11(9)15(16)17)21(18,19)13-6-8-4-5-20-7-8/h1-3,8,13-14H,4-7,12H2. The topological polar surface area (TPSA) is 127 Å². The predicted molar refractivity (Wildman–Crippen MR) is 81.5 cm³/mol. The Morgan fingerprint density at radius 3 is 2.81 bits per heavy atom. The first-order chi connectivity index (χ1) is 9.95. The Morgan fingerprint density at radius 1 is 1.48 bits per heavy atom. The molecule has 10 heteroatoms. The zero-order valence-electron chi connectivity index (χ0n) is 11.1. The van der Waals surface area contributed by atoms with Gasteiger partial charge in [-0.3, -0.25) is 16.0 Å². The fraction of sp³-hybridized carbons (Fsp3) is 0.455. The molecule has 0 amide bonds. The highest BCUT2D eigenvalue weighted by Gasteiger charge is 2.29. The second kappa shape index (κ2) is 6.60. The number of nitrogen functional groups attached to an aromatic ring is 1. The van der Waals surface area contributed by atoms with E-state index in [2.05, 4.69) is 10.1 Å². The Morgan fingerprint density at radius 2 is 2.24 bits per heavy atom. The van der Waals surface area contributed by atoms with Crippen molar-refractivity contribution in [3.8, 4) is 0 Å². The predicted octanol–water partition coefficient (Wildman–Crippen LogP) is 0.912. The van der Waals surface area contributed by atoms with E-state index in [1.807, 2.05) is 0 Å². The number of benzene rings is 1. The van der Waals surface area contributed by atoms with Gasteiger partial charge in [-0.25, -0.2) is 13.1 Å². The van der Waals surface area contributed by atoms with Crippen LogP contribution < -0.4 is 16.0 Å². The third-order valence-electron chi connectivity index (χ3n) is 3.21. The molecular weight excluding hydrogens is 316 g/mol. The molecule has 1 heterocycles. The number of anilines is 1. The van der Waals surface area contributed by atoms with Crippen molar-refractivity contribution in [1.82, 2.24) is 4.72 Å². The molecule has 8 nitrogen and oxygen atoms in total. The summed E-state index contributed by atoms with van der Waals surface area (Å²) in [4.78, 5) is 9.99. The minimum atomic E-state index is -3.95. The molecule has 1 saturated heterocycles. The lowest BCUT2D eigenvalue weighted by molar-refractivity contribution is -0.386. The van der Waals surface area contributed by atoms with E-state index < -0.39 is 20.6 Å². The first kappa shape index (κ1) is 16.0. The van der Waals surface area contributed by atoms with E-state index >= 15 is 0 Å². The molecule has 1 atom stereocenters. The third kappa shape index (κ3) is 3.64. The summed E-state index contributed by atoms with van der Waals surface area (Å²) in [5.74, 6) is 7.38. The van der Waals surface area contributed by atoms with E-state index in [0.29, 0.717) is 0 Å². The number of sulfonamides is 1. The lowest BCUT2D eigenvalue weighted by Crippen LogP contribution is -2.30. The Hall–Kier alpha value is -1.36. The number of nitrogens with two attached hydrogens (primary N) is 1. The van der Waals surface area contributed by atoms with Crippen LogP contribution in [0.4, 0.5) is 11.4 Å².